The molecule has 4 rings (SSSR count). The highest BCUT2D eigenvalue weighted by molar-refractivity contribution is 7.92. The molecule has 0 aromatic heterocycles. The van der Waals surface area contributed by atoms with Crippen LogP contribution in [0.1, 0.15) is 25.0 Å². The molecule has 2 amide bonds. The van der Waals surface area contributed by atoms with E-state index in [4.69, 9.17) is 23.2 Å². The number of amides is 2. The van der Waals surface area contributed by atoms with Gasteiger partial charge in [-0.25, -0.2) is 8.42 Å². The molecule has 0 aliphatic rings. The zero-order valence-corrected chi connectivity index (χ0v) is 26.2. The number of nitrogens with zero attached hydrogens (tertiary/aromatic N) is 2. The van der Waals surface area contributed by atoms with Crippen molar-refractivity contribution in [3.63, 3.8) is 0 Å². The summed E-state index contributed by atoms with van der Waals surface area (Å²) in [5.74, 6) is -0.917. The minimum Gasteiger partial charge on any atom is -0.352 e. The van der Waals surface area contributed by atoms with E-state index in [1.165, 1.54) is 35.2 Å². The first-order valence-electron chi connectivity index (χ1n) is 13.8. The molecule has 0 aliphatic heterocycles. The molecule has 1 N–H and O–H groups in total. The maximum atomic E-state index is 14.4. The molecule has 0 spiro atoms. The summed E-state index contributed by atoms with van der Waals surface area (Å²) in [7, 11) is -4.26. The second-order valence-electron chi connectivity index (χ2n) is 10.3. The Balaban J connectivity index is 1.81. The van der Waals surface area contributed by atoms with Gasteiger partial charge in [-0.3, -0.25) is 13.9 Å². The maximum Gasteiger partial charge on any atom is 0.264 e. The van der Waals surface area contributed by atoms with Gasteiger partial charge in [0.15, 0.2) is 0 Å². The van der Waals surface area contributed by atoms with Gasteiger partial charge in [0, 0.05) is 24.0 Å². The van der Waals surface area contributed by atoms with Crippen LogP contribution in [0.5, 0.6) is 0 Å². The lowest BCUT2D eigenvalue weighted by Gasteiger charge is -2.34. The molecule has 0 aliphatic carbocycles. The van der Waals surface area contributed by atoms with Crippen LogP contribution in [-0.4, -0.2) is 43.8 Å². The number of anilines is 1. The van der Waals surface area contributed by atoms with E-state index in [0.29, 0.717) is 5.02 Å². The van der Waals surface area contributed by atoms with Gasteiger partial charge in [0.2, 0.25) is 11.8 Å². The number of carbonyl (C=O) groups excluding carboxylic acids is 2. The summed E-state index contributed by atoms with van der Waals surface area (Å²) >= 11 is 12.6. The first-order chi connectivity index (χ1) is 20.6. The Labute approximate surface area is 263 Å². The SMILES string of the molecule is CC(C)NC(=O)C(Cc1ccccc1)N(Cc1ccccc1)C(=O)CN(c1ccc(Cl)cc1Cl)S(=O)(=O)c1ccccc1. The van der Waals surface area contributed by atoms with Gasteiger partial charge in [0.1, 0.15) is 12.6 Å². The molecule has 7 nitrogen and oxygen atoms in total. The van der Waals surface area contributed by atoms with Crippen molar-refractivity contribution in [2.45, 2.75) is 43.8 Å². The van der Waals surface area contributed by atoms with Gasteiger partial charge in [0.25, 0.3) is 10.0 Å². The van der Waals surface area contributed by atoms with Crippen LogP contribution in [0.3, 0.4) is 0 Å². The third-order valence-corrected chi connectivity index (χ3v) is 9.00. The van der Waals surface area contributed by atoms with Crippen molar-refractivity contribution in [3.8, 4) is 0 Å². The Hall–Kier alpha value is -3.85. The van der Waals surface area contributed by atoms with Crippen LogP contribution >= 0.6 is 23.2 Å². The van der Waals surface area contributed by atoms with Crippen LogP contribution in [0.25, 0.3) is 0 Å². The fourth-order valence-corrected chi connectivity index (χ4v) is 6.65. The second kappa shape index (κ2) is 14.6. The Bertz CT molecular complexity index is 1640. The fraction of sp³-hybridized carbons (Fsp3) is 0.212. The predicted octanol–water partition coefficient (Wildman–Crippen LogP) is 6.35. The summed E-state index contributed by atoms with van der Waals surface area (Å²) in [6.07, 6.45) is 0.227. The van der Waals surface area contributed by atoms with E-state index in [2.05, 4.69) is 5.32 Å². The van der Waals surface area contributed by atoms with E-state index in [9.17, 15) is 18.0 Å². The quantitative estimate of drug-likeness (QED) is 0.196. The molecule has 1 atom stereocenters. The largest absolute Gasteiger partial charge is 0.352 e. The summed E-state index contributed by atoms with van der Waals surface area (Å²) in [6, 6.07) is 29.7. The highest BCUT2D eigenvalue weighted by Crippen LogP contribution is 2.33. The molecule has 4 aromatic rings. The second-order valence-corrected chi connectivity index (χ2v) is 13.0. The third kappa shape index (κ3) is 8.38. The van der Waals surface area contributed by atoms with Gasteiger partial charge in [-0.15, -0.1) is 0 Å². The number of carbonyl (C=O) groups is 2. The minimum atomic E-state index is -4.26. The van der Waals surface area contributed by atoms with Crippen LogP contribution in [0, 0.1) is 0 Å². The Morgan fingerprint density at radius 3 is 1.91 bits per heavy atom. The van der Waals surface area contributed by atoms with E-state index < -0.39 is 28.5 Å². The molecule has 0 saturated heterocycles. The molecule has 4 aromatic carbocycles. The van der Waals surface area contributed by atoms with E-state index in [1.54, 1.807) is 18.2 Å². The van der Waals surface area contributed by atoms with Crippen LogP contribution in [0.15, 0.2) is 114 Å². The topological polar surface area (TPSA) is 86.8 Å². The van der Waals surface area contributed by atoms with E-state index in [-0.39, 0.29) is 40.5 Å². The van der Waals surface area contributed by atoms with Crippen molar-refractivity contribution in [2.24, 2.45) is 0 Å². The molecular weight excluding hydrogens is 605 g/mol. The van der Waals surface area contributed by atoms with Crippen molar-refractivity contribution in [2.75, 3.05) is 10.8 Å². The van der Waals surface area contributed by atoms with Gasteiger partial charge in [-0.2, -0.15) is 0 Å². The van der Waals surface area contributed by atoms with E-state index in [0.717, 1.165) is 15.4 Å². The number of hydrogen-bond donors (Lipinski definition) is 1. The number of nitrogens with one attached hydrogen (secondary N) is 1. The van der Waals surface area contributed by atoms with Gasteiger partial charge in [-0.1, -0.05) is 102 Å². The molecule has 0 saturated carbocycles. The summed E-state index contributed by atoms with van der Waals surface area (Å²) in [5.41, 5.74) is 1.73. The normalized spacial score (nSPS) is 12.0. The summed E-state index contributed by atoms with van der Waals surface area (Å²) < 4.78 is 29.0. The molecular formula is C33H33Cl2N3O4S. The van der Waals surface area contributed by atoms with Crippen molar-refractivity contribution >= 4 is 50.7 Å². The Morgan fingerprint density at radius 2 is 1.35 bits per heavy atom. The van der Waals surface area contributed by atoms with Gasteiger partial charge < -0.3 is 10.2 Å². The molecule has 43 heavy (non-hydrogen) atoms. The average molecular weight is 639 g/mol. The first kappa shape index (κ1) is 32.1. The average Bonchev–Trinajstić information content (AvgIpc) is 2.99. The zero-order valence-electron chi connectivity index (χ0n) is 23.9. The minimum absolute atomic E-state index is 0.0122. The lowest BCUT2D eigenvalue weighted by Crippen LogP contribution is -2.54. The van der Waals surface area contributed by atoms with Gasteiger partial charge >= 0.3 is 0 Å². The summed E-state index contributed by atoms with van der Waals surface area (Å²) in [4.78, 5) is 29.5. The number of benzene rings is 4. The molecule has 0 heterocycles. The van der Waals surface area contributed by atoms with Crippen molar-refractivity contribution in [3.05, 3.63) is 130 Å². The lowest BCUT2D eigenvalue weighted by molar-refractivity contribution is -0.140. The zero-order chi connectivity index (χ0) is 31.0. The standard InChI is InChI=1S/C33H33Cl2N3O4S/c1-24(2)36-33(40)31(20-25-12-6-3-7-13-25)37(22-26-14-8-4-9-15-26)32(39)23-38(30-19-18-27(34)21-29(30)35)43(41,42)28-16-10-5-11-17-28/h3-19,21,24,31H,20,22-23H2,1-2H3,(H,36,40). The molecule has 0 radical (unpaired) electrons. The van der Waals surface area contributed by atoms with Gasteiger partial charge in [-0.05, 0) is 55.3 Å². The Morgan fingerprint density at radius 1 is 0.791 bits per heavy atom. The molecule has 0 bridgehead atoms. The lowest BCUT2D eigenvalue weighted by atomic mass is 10.0. The van der Waals surface area contributed by atoms with E-state index >= 15 is 0 Å². The molecule has 224 valence electrons. The third-order valence-electron chi connectivity index (χ3n) is 6.69. The smallest absolute Gasteiger partial charge is 0.264 e. The van der Waals surface area contributed by atoms with Crippen LogP contribution in [-0.2, 0) is 32.6 Å². The summed E-state index contributed by atoms with van der Waals surface area (Å²) in [5, 5.41) is 3.32. The van der Waals surface area contributed by atoms with Crippen LogP contribution in [0.2, 0.25) is 10.0 Å². The molecule has 0 fully saturated rings. The predicted molar refractivity (Wildman–Crippen MR) is 172 cm³/mol. The van der Waals surface area contributed by atoms with E-state index in [1.807, 2.05) is 74.5 Å². The van der Waals surface area contributed by atoms with Crippen molar-refractivity contribution in [1.82, 2.24) is 10.2 Å². The number of hydrogen-bond acceptors (Lipinski definition) is 4. The molecule has 1 unspecified atom stereocenters. The number of sulfonamides is 1. The number of halogens is 2. The maximum absolute atomic E-state index is 14.4. The fourth-order valence-electron chi connectivity index (χ4n) is 4.63. The van der Waals surface area contributed by atoms with Crippen molar-refractivity contribution in [1.29, 1.82) is 0 Å². The van der Waals surface area contributed by atoms with Crippen LogP contribution in [0.4, 0.5) is 5.69 Å². The van der Waals surface area contributed by atoms with Gasteiger partial charge in [0.05, 0.1) is 15.6 Å². The summed E-state index contributed by atoms with van der Waals surface area (Å²) in [6.45, 7) is 3.16. The number of rotatable bonds is 12. The highest BCUT2D eigenvalue weighted by atomic mass is 35.5. The van der Waals surface area contributed by atoms with Crippen LogP contribution < -0.4 is 9.62 Å². The first-order valence-corrected chi connectivity index (χ1v) is 16.0. The highest BCUT2D eigenvalue weighted by Gasteiger charge is 2.35. The van der Waals surface area contributed by atoms with Crippen molar-refractivity contribution < 1.29 is 18.0 Å². The Kier molecular flexibility index (Phi) is 10.9. The molecule has 10 heteroatoms. The monoisotopic (exact) mass is 637 g/mol.